The van der Waals surface area contributed by atoms with Gasteiger partial charge in [0, 0.05) is 18.0 Å². The second-order valence-corrected chi connectivity index (χ2v) is 5.04. The number of anilines is 1. The van der Waals surface area contributed by atoms with E-state index in [0.717, 1.165) is 6.07 Å². The average Bonchev–Trinajstić information content (AvgIpc) is 2.88. The molecule has 2 rings (SSSR count). The van der Waals surface area contributed by atoms with Gasteiger partial charge in [0.25, 0.3) is 0 Å². The smallest absolute Gasteiger partial charge is 0.192 e. The highest BCUT2D eigenvalue weighted by molar-refractivity contribution is 8.00. The molecule has 0 radical (unpaired) electrons. The van der Waals surface area contributed by atoms with Crippen molar-refractivity contribution in [2.45, 2.75) is 0 Å². The molecule has 6 nitrogen and oxygen atoms in total. The van der Waals surface area contributed by atoms with Crippen LogP contribution in [0.1, 0.15) is 10.5 Å². The Morgan fingerprint density at radius 1 is 1.50 bits per heavy atom. The van der Waals surface area contributed by atoms with Crippen molar-refractivity contribution in [2.75, 3.05) is 23.8 Å². The first kappa shape index (κ1) is 14.5. The normalized spacial score (nSPS) is 10.7. The molecule has 0 unspecified atom stereocenters. The number of thioether (sulfide) groups is 1. The molecule has 0 spiro atoms. The minimum absolute atomic E-state index is 0.0208. The zero-order chi connectivity index (χ0) is 14.5. The van der Waals surface area contributed by atoms with Crippen LogP contribution in [0.2, 0.25) is 0 Å². The Morgan fingerprint density at radius 3 is 3.00 bits per heavy atom. The van der Waals surface area contributed by atoms with Crippen LogP contribution in [-0.2, 0) is 0 Å². The third-order valence-electron chi connectivity index (χ3n) is 2.42. The number of aliphatic hydroxyl groups excluding tert-OH is 1. The third-order valence-corrected chi connectivity index (χ3v) is 3.36. The Labute approximate surface area is 118 Å². The standard InChI is InChI=1S/C12H13FN4O2S/c13-9-3-8(14)4-15-12(9)17-5-10(16-7-17)11(19)6-20-2-1-18/h3-5,7,18H,1-2,6,14H2. The number of nitrogens with two attached hydrogens (primary N) is 1. The molecule has 2 aromatic heterocycles. The van der Waals surface area contributed by atoms with E-state index in [4.69, 9.17) is 10.8 Å². The number of halogens is 1. The molecule has 2 aromatic rings. The van der Waals surface area contributed by atoms with E-state index in [2.05, 4.69) is 9.97 Å². The summed E-state index contributed by atoms with van der Waals surface area (Å²) in [5.41, 5.74) is 5.88. The van der Waals surface area contributed by atoms with Gasteiger partial charge in [0.1, 0.15) is 12.0 Å². The summed E-state index contributed by atoms with van der Waals surface area (Å²) in [5, 5.41) is 8.64. The number of hydrogen-bond acceptors (Lipinski definition) is 6. The van der Waals surface area contributed by atoms with Crippen LogP contribution >= 0.6 is 11.8 Å². The number of pyridine rings is 1. The molecule has 0 amide bonds. The van der Waals surface area contributed by atoms with Crippen molar-refractivity contribution >= 4 is 23.2 Å². The molecular formula is C12H13FN4O2S. The molecule has 0 saturated heterocycles. The number of carbonyl (C=O) groups excluding carboxylic acids is 1. The van der Waals surface area contributed by atoms with Gasteiger partial charge in [0.15, 0.2) is 17.4 Å². The van der Waals surface area contributed by atoms with E-state index in [1.54, 1.807) is 0 Å². The Bertz CT molecular complexity index is 617. The fourth-order valence-electron chi connectivity index (χ4n) is 1.52. The fraction of sp³-hybridized carbons (Fsp3) is 0.250. The summed E-state index contributed by atoms with van der Waals surface area (Å²) in [7, 11) is 0. The summed E-state index contributed by atoms with van der Waals surface area (Å²) in [6.07, 6.45) is 4.08. The van der Waals surface area contributed by atoms with Crippen LogP contribution in [-0.4, -0.2) is 43.5 Å². The summed E-state index contributed by atoms with van der Waals surface area (Å²) in [4.78, 5) is 19.6. The van der Waals surface area contributed by atoms with Crippen LogP contribution in [0.4, 0.5) is 10.1 Å². The minimum atomic E-state index is -0.587. The molecule has 3 N–H and O–H groups in total. The Kier molecular flexibility index (Phi) is 4.70. The maximum Gasteiger partial charge on any atom is 0.192 e. The SMILES string of the molecule is Nc1cnc(-n2cnc(C(=O)CSCCO)c2)c(F)c1. The summed E-state index contributed by atoms with van der Waals surface area (Å²) < 4.78 is 15.0. The molecule has 0 aliphatic heterocycles. The lowest BCUT2D eigenvalue weighted by molar-refractivity contribution is 0.101. The minimum Gasteiger partial charge on any atom is -0.397 e. The van der Waals surface area contributed by atoms with Crippen LogP contribution in [0.5, 0.6) is 0 Å². The summed E-state index contributed by atoms with van der Waals surface area (Å²) in [6.45, 7) is 0.0208. The Hall–Kier alpha value is -1.93. The van der Waals surface area contributed by atoms with Crippen molar-refractivity contribution in [3.8, 4) is 5.82 Å². The zero-order valence-electron chi connectivity index (χ0n) is 10.5. The average molecular weight is 296 g/mol. The molecular weight excluding hydrogens is 283 g/mol. The molecule has 0 aromatic carbocycles. The molecule has 0 aliphatic carbocycles. The topological polar surface area (TPSA) is 94.0 Å². The maximum atomic E-state index is 13.7. The predicted octanol–water partition coefficient (Wildman–Crippen LogP) is 0.897. The highest BCUT2D eigenvalue weighted by atomic mass is 32.2. The molecule has 0 bridgehead atoms. The van der Waals surface area contributed by atoms with E-state index in [-0.39, 0.29) is 35.3 Å². The number of Topliss-reactive ketones (excluding diaryl/α,β-unsaturated/α-hetero) is 1. The molecule has 0 atom stereocenters. The molecule has 0 aliphatic rings. The van der Waals surface area contributed by atoms with E-state index in [1.807, 2.05) is 0 Å². The van der Waals surface area contributed by atoms with Gasteiger partial charge in [0.05, 0.1) is 24.2 Å². The van der Waals surface area contributed by atoms with Gasteiger partial charge in [-0.25, -0.2) is 14.4 Å². The van der Waals surface area contributed by atoms with E-state index < -0.39 is 5.82 Å². The van der Waals surface area contributed by atoms with E-state index in [1.165, 1.54) is 35.0 Å². The number of rotatable bonds is 6. The molecule has 2 heterocycles. The van der Waals surface area contributed by atoms with E-state index in [0.29, 0.717) is 5.75 Å². The van der Waals surface area contributed by atoms with Gasteiger partial charge in [-0.15, -0.1) is 0 Å². The number of aromatic nitrogens is 3. The fourth-order valence-corrected chi connectivity index (χ4v) is 2.13. The Morgan fingerprint density at radius 2 is 2.30 bits per heavy atom. The number of carbonyl (C=O) groups is 1. The largest absolute Gasteiger partial charge is 0.397 e. The maximum absolute atomic E-state index is 13.7. The van der Waals surface area contributed by atoms with Crippen molar-refractivity contribution in [3.63, 3.8) is 0 Å². The number of nitrogen functional groups attached to an aromatic ring is 1. The van der Waals surface area contributed by atoms with Gasteiger partial charge >= 0.3 is 0 Å². The summed E-state index contributed by atoms with van der Waals surface area (Å²) in [5.74, 6) is -0.0293. The first-order valence-electron chi connectivity index (χ1n) is 5.79. The molecule has 20 heavy (non-hydrogen) atoms. The van der Waals surface area contributed by atoms with Gasteiger partial charge in [-0.05, 0) is 0 Å². The monoisotopic (exact) mass is 296 g/mol. The highest BCUT2D eigenvalue weighted by Gasteiger charge is 2.12. The van der Waals surface area contributed by atoms with Crippen molar-refractivity contribution < 1.29 is 14.3 Å². The van der Waals surface area contributed by atoms with Gasteiger partial charge in [-0.2, -0.15) is 11.8 Å². The molecule has 0 saturated carbocycles. The molecule has 8 heteroatoms. The van der Waals surface area contributed by atoms with Crippen LogP contribution in [0.15, 0.2) is 24.8 Å². The summed E-state index contributed by atoms with van der Waals surface area (Å²) >= 11 is 1.31. The van der Waals surface area contributed by atoms with Crippen LogP contribution in [0.3, 0.4) is 0 Å². The number of nitrogens with zero attached hydrogens (tertiary/aromatic N) is 3. The second kappa shape index (κ2) is 6.49. The quantitative estimate of drug-likeness (QED) is 0.607. The van der Waals surface area contributed by atoms with Crippen molar-refractivity contribution in [2.24, 2.45) is 0 Å². The van der Waals surface area contributed by atoms with Crippen molar-refractivity contribution in [3.05, 3.63) is 36.3 Å². The van der Waals surface area contributed by atoms with Crippen LogP contribution in [0, 0.1) is 5.82 Å². The zero-order valence-corrected chi connectivity index (χ0v) is 11.3. The van der Waals surface area contributed by atoms with E-state index >= 15 is 0 Å². The summed E-state index contributed by atoms with van der Waals surface area (Å²) in [6, 6.07) is 1.15. The highest BCUT2D eigenvalue weighted by Crippen LogP contribution is 2.14. The Balaban J connectivity index is 2.14. The van der Waals surface area contributed by atoms with Crippen molar-refractivity contribution in [1.82, 2.24) is 14.5 Å². The second-order valence-electron chi connectivity index (χ2n) is 3.94. The first-order chi connectivity index (χ1) is 9.61. The lowest BCUT2D eigenvalue weighted by Crippen LogP contribution is -2.05. The predicted molar refractivity (Wildman–Crippen MR) is 74.5 cm³/mol. The van der Waals surface area contributed by atoms with E-state index in [9.17, 15) is 9.18 Å². The van der Waals surface area contributed by atoms with Gasteiger partial charge < -0.3 is 10.8 Å². The number of aliphatic hydroxyl groups is 1. The van der Waals surface area contributed by atoms with Gasteiger partial charge in [0.2, 0.25) is 0 Å². The third kappa shape index (κ3) is 3.34. The van der Waals surface area contributed by atoms with Gasteiger partial charge in [-0.3, -0.25) is 9.36 Å². The van der Waals surface area contributed by atoms with Gasteiger partial charge in [-0.1, -0.05) is 0 Å². The van der Waals surface area contributed by atoms with Crippen LogP contribution < -0.4 is 5.73 Å². The van der Waals surface area contributed by atoms with Crippen molar-refractivity contribution in [1.29, 1.82) is 0 Å². The molecule has 0 fully saturated rings. The number of imidazole rings is 1. The first-order valence-corrected chi connectivity index (χ1v) is 6.94. The lowest BCUT2D eigenvalue weighted by Gasteiger charge is -2.02. The number of ketones is 1. The number of hydrogen-bond donors (Lipinski definition) is 2. The lowest BCUT2D eigenvalue weighted by atomic mass is 10.3. The van der Waals surface area contributed by atoms with Crippen LogP contribution in [0.25, 0.3) is 5.82 Å². The molecule has 106 valence electrons.